The Balaban J connectivity index is 1.28. The van der Waals surface area contributed by atoms with Crippen LogP contribution in [0.25, 0.3) is 0 Å². The number of rotatable bonds is 26. The van der Waals surface area contributed by atoms with Gasteiger partial charge in [-0.2, -0.15) is 0 Å². The first-order valence-electron chi connectivity index (χ1n) is 24.5. The van der Waals surface area contributed by atoms with Gasteiger partial charge in [-0.25, -0.2) is 0 Å². The second kappa shape index (κ2) is 28.1. The van der Waals surface area contributed by atoms with Gasteiger partial charge in [0.2, 0.25) is 12.4 Å². The molecule has 21 nitrogen and oxygen atoms in total. The number of esters is 3. The van der Waals surface area contributed by atoms with Crippen LogP contribution in [0.4, 0.5) is 5.69 Å². The van der Waals surface area contributed by atoms with Gasteiger partial charge in [-0.15, -0.1) is 0 Å². The first kappa shape index (κ1) is 57.3. The van der Waals surface area contributed by atoms with E-state index in [0.29, 0.717) is 23.0 Å². The molecule has 0 spiro atoms. The van der Waals surface area contributed by atoms with E-state index in [1.807, 2.05) is 84.9 Å². The van der Waals surface area contributed by atoms with Crippen LogP contribution in [-0.4, -0.2) is 126 Å². The van der Waals surface area contributed by atoms with Gasteiger partial charge in [-0.1, -0.05) is 48.5 Å². The third-order valence-corrected chi connectivity index (χ3v) is 12.3. The second-order valence-electron chi connectivity index (χ2n) is 17.7. The van der Waals surface area contributed by atoms with Crippen LogP contribution in [0.3, 0.4) is 0 Å². The van der Waals surface area contributed by atoms with Gasteiger partial charge in [0, 0.05) is 32.9 Å². The van der Waals surface area contributed by atoms with E-state index in [2.05, 4.69) is 0 Å². The molecule has 2 heterocycles. The zero-order valence-corrected chi connectivity index (χ0v) is 43.7. The molecule has 0 bridgehead atoms. The number of hydrogen-bond donors (Lipinski definition) is 0. The minimum atomic E-state index is -1.57. The van der Waals surface area contributed by atoms with Crippen molar-refractivity contribution in [1.82, 2.24) is 0 Å². The molecule has 2 aliphatic heterocycles. The molecule has 0 amide bonds. The van der Waals surface area contributed by atoms with Crippen molar-refractivity contribution in [2.45, 2.75) is 109 Å². The summed E-state index contributed by atoms with van der Waals surface area (Å²) in [6, 6.07) is 34.5. The average molecular weight is 1070 g/mol. The molecule has 21 heteroatoms. The van der Waals surface area contributed by atoms with E-state index >= 15 is 0 Å². The summed E-state index contributed by atoms with van der Waals surface area (Å²) in [6.07, 6.45) is -12.7. The topological polar surface area (TPSA) is 233 Å². The predicted octanol–water partition coefficient (Wildman–Crippen LogP) is 7.24. The maximum atomic E-state index is 12.9. The molecule has 5 aromatic carbocycles. The highest BCUT2D eigenvalue weighted by molar-refractivity contribution is 5.68. The van der Waals surface area contributed by atoms with E-state index in [1.165, 1.54) is 24.3 Å². The number of carbonyl (C=O) groups is 3. The Labute approximate surface area is 445 Å². The maximum Gasteiger partial charge on any atom is 0.303 e. The summed E-state index contributed by atoms with van der Waals surface area (Å²) < 4.78 is 92.1. The van der Waals surface area contributed by atoms with Crippen LogP contribution in [-0.2, 0) is 88.2 Å². The minimum absolute atomic E-state index is 0.0177. The zero-order chi connectivity index (χ0) is 54.8. The highest BCUT2D eigenvalue weighted by atomic mass is 16.8. The SMILES string of the molecule is COc1ccc(COCC2O[C@H](OCC3O[C@H](Oc4ccc([N+](=O)[O-])cc4)C(OC(C)=O)C(OC(C)=O)[C@@H]3OC(C)=O)C(OCc3ccc(OC)cc3)C(OCc3ccc(OC)cc3)[C@@H]2OCc2ccc(OC)cc2)cc1. The number of carbonyl (C=O) groups excluding carboxylic acids is 3. The quantitative estimate of drug-likeness (QED) is 0.0230. The van der Waals surface area contributed by atoms with E-state index in [9.17, 15) is 24.5 Å². The number of hydrogen-bond acceptors (Lipinski definition) is 20. The lowest BCUT2D eigenvalue weighted by atomic mass is 9.97. The predicted molar refractivity (Wildman–Crippen MR) is 271 cm³/mol. The van der Waals surface area contributed by atoms with E-state index < -0.39 is 90.8 Å². The third-order valence-electron chi connectivity index (χ3n) is 12.3. The Morgan fingerprint density at radius 1 is 0.429 bits per heavy atom. The molecule has 0 aromatic heterocycles. The van der Waals surface area contributed by atoms with E-state index in [4.69, 9.17) is 71.1 Å². The van der Waals surface area contributed by atoms with Crippen molar-refractivity contribution in [2.24, 2.45) is 0 Å². The number of nitro groups is 1. The lowest BCUT2D eigenvalue weighted by molar-refractivity contribution is -0.384. The summed E-state index contributed by atoms with van der Waals surface area (Å²) in [5.41, 5.74) is 3.00. The molecule has 0 aliphatic carbocycles. The highest BCUT2D eigenvalue weighted by Gasteiger charge is 2.55. The van der Waals surface area contributed by atoms with Gasteiger partial charge >= 0.3 is 17.9 Å². The molecule has 10 atom stereocenters. The molecule has 77 heavy (non-hydrogen) atoms. The minimum Gasteiger partial charge on any atom is -0.497 e. The maximum absolute atomic E-state index is 12.9. The lowest BCUT2D eigenvalue weighted by Gasteiger charge is -2.47. The molecule has 0 saturated carbocycles. The molecule has 0 N–H and O–H groups in total. The standard InChI is InChI=1S/C56H63NO20/c1-34(58)72-50-48(77-56(54(74-36(3)60)52(50)73-35(2)59)75-46-26-16-41(17-27-46)57(61)62)33-71-55-53(70-31-40-14-24-45(66-7)25-15-40)51(69-30-39-12-22-44(65-6)23-13-39)49(68-29-38-10-20-43(64-5)21-11-38)47(76-55)32-67-28-37-8-18-42(63-4)19-9-37/h8-27,47-56H,28-33H2,1-7H3/t47?,48?,49-,50-,51?,52?,53?,54?,55+,56+/m1/s1. The Morgan fingerprint density at radius 2 is 0.805 bits per heavy atom. The van der Waals surface area contributed by atoms with Crippen molar-refractivity contribution in [1.29, 1.82) is 0 Å². The van der Waals surface area contributed by atoms with Gasteiger partial charge in [0.25, 0.3) is 5.69 Å². The summed E-state index contributed by atoms with van der Waals surface area (Å²) in [6.45, 7) is 3.22. The molecule has 7 rings (SSSR count). The first-order chi connectivity index (χ1) is 37.2. The number of ether oxygens (including phenoxy) is 15. The van der Waals surface area contributed by atoms with Crippen molar-refractivity contribution in [3.8, 4) is 28.7 Å². The van der Waals surface area contributed by atoms with Crippen molar-refractivity contribution in [2.75, 3.05) is 41.7 Å². The van der Waals surface area contributed by atoms with Crippen molar-refractivity contribution >= 4 is 23.6 Å². The van der Waals surface area contributed by atoms with Crippen LogP contribution in [0.5, 0.6) is 28.7 Å². The molecule has 2 saturated heterocycles. The van der Waals surface area contributed by atoms with Gasteiger partial charge in [0.15, 0.2) is 18.5 Å². The van der Waals surface area contributed by atoms with E-state index in [0.717, 1.165) is 43.0 Å². The van der Waals surface area contributed by atoms with Crippen LogP contribution in [0.1, 0.15) is 43.0 Å². The summed E-state index contributed by atoms with van der Waals surface area (Å²) in [5.74, 6) is 0.241. The Kier molecular flexibility index (Phi) is 20.9. The van der Waals surface area contributed by atoms with Crippen LogP contribution in [0, 0.1) is 10.1 Å². The Bertz CT molecular complexity index is 2650. The summed E-state index contributed by atoms with van der Waals surface area (Å²) in [4.78, 5) is 49.3. The van der Waals surface area contributed by atoms with Gasteiger partial charge < -0.3 is 71.1 Å². The second-order valence-corrected chi connectivity index (χ2v) is 17.7. The fourth-order valence-corrected chi connectivity index (χ4v) is 8.53. The van der Waals surface area contributed by atoms with Crippen LogP contribution in [0.2, 0.25) is 0 Å². The number of non-ortho nitro benzene ring substituents is 1. The van der Waals surface area contributed by atoms with Crippen molar-refractivity contribution in [3.05, 3.63) is 154 Å². The third kappa shape index (κ3) is 16.3. The Hall–Kier alpha value is -7.37. The number of benzene rings is 5. The van der Waals surface area contributed by atoms with Crippen molar-refractivity contribution in [3.63, 3.8) is 0 Å². The summed E-state index contributed by atoms with van der Waals surface area (Å²) in [7, 11) is 6.31. The van der Waals surface area contributed by atoms with Gasteiger partial charge in [0.05, 0.1) is 73.0 Å². The fraction of sp³-hybridized carbons (Fsp3) is 0.411. The Morgan fingerprint density at radius 3 is 1.25 bits per heavy atom. The molecular weight excluding hydrogens is 1010 g/mol. The monoisotopic (exact) mass is 1070 g/mol. The number of nitrogens with zero attached hydrogens (tertiary/aromatic N) is 1. The fourth-order valence-electron chi connectivity index (χ4n) is 8.53. The highest BCUT2D eigenvalue weighted by Crippen LogP contribution is 2.36. The van der Waals surface area contributed by atoms with Crippen LogP contribution >= 0.6 is 0 Å². The molecule has 2 fully saturated rings. The molecule has 5 aromatic rings. The largest absolute Gasteiger partial charge is 0.497 e. The molecule has 2 aliphatic rings. The van der Waals surface area contributed by atoms with E-state index in [1.54, 1.807) is 40.6 Å². The smallest absolute Gasteiger partial charge is 0.303 e. The number of methoxy groups -OCH3 is 4. The van der Waals surface area contributed by atoms with Gasteiger partial charge in [-0.05, 0) is 82.9 Å². The van der Waals surface area contributed by atoms with E-state index in [-0.39, 0.29) is 44.5 Å². The molecule has 412 valence electrons. The van der Waals surface area contributed by atoms with Crippen LogP contribution in [0.15, 0.2) is 121 Å². The summed E-state index contributed by atoms with van der Waals surface area (Å²) in [5, 5.41) is 11.5. The number of nitro benzene ring substituents is 1. The first-order valence-corrected chi connectivity index (χ1v) is 24.5. The van der Waals surface area contributed by atoms with Crippen LogP contribution < -0.4 is 23.7 Å². The normalized spacial score (nSPS) is 22.9. The van der Waals surface area contributed by atoms with Crippen molar-refractivity contribution < 1.29 is 90.4 Å². The lowest BCUT2D eigenvalue weighted by Crippen LogP contribution is -2.65. The summed E-state index contributed by atoms with van der Waals surface area (Å²) >= 11 is 0. The van der Waals surface area contributed by atoms with Gasteiger partial charge in [0.1, 0.15) is 59.3 Å². The molecular formula is C56H63NO20. The molecule has 0 radical (unpaired) electrons. The zero-order valence-electron chi connectivity index (χ0n) is 43.7. The van der Waals surface area contributed by atoms with Gasteiger partial charge in [-0.3, -0.25) is 24.5 Å². The molecule has 6 unspecified atom stereocenters. The average Bonchev–Trinajstić information content (AvgIpc) is 3.46.